The second-order valence-corrected chi connectivity index (χ2v) is 4.89. The second-order valence-electron chi connectivity index (χ2n) is 4.89. The van der Waals surface area contributed by atoms with Gasteiger partial charge in [-0.1, -0.05) is 18.2 Å². The molecule has 0 amide bonds. The van der Waals surface area contributed by atoms with Gasteiger partial charge in [0.1, 0.15) is 17.1 Å². The van der Waals surface area contributed by atoms with Crippen LogP contribution in [-0.2, 0) is 0 Å². The minimum atomic E-state index is -0.640. The predicted molar refractivity (Wildman–Crippen MR) is 86.2 cm³/mol. The molecule has 0 saturated heterocycles. The molecule has 3 rings (SSSR count). The van der Waals surface area contributed by atoms with Crippen LogP contribution in [0.4, 0.5) is 22.7 Å². The van der Waals surface area contributed by atoms with E-state index >= 15 is 0 Å². The third kappa shape index (κ3) is 2.31. The highest BCUT2D eigenvalue weighted by molar-refractivity contribution is 5.82. The second kappa shape index (κ2) is 5.33. The summed E-state index contributed by atoms with van der Waals surface area (Å²) in [5.41, 5.74) is 0.559. The molecule has 110 valence electrons. The zero-order chi connectivity index (χ0) is 15.7. The zero-order valence-electron chi connectivity index (χ0n) is 11.8. The molecule has 0 fully saturated rings. The summed E-state index contributed by atoms with van der Waals surface area (Å²) in [6.07, 6.45) is 1.49. The van der Waals surface area contributed by atoms with Gasteiger partial charge in [0.2, 0.25) is 0 Å². The quantitative estimate of drug-likeness (QED) is 0.638. The first-order valence-electron chi connectivity index (χ1n) is 6.68. The topological polar surface area (TPSA) is 91.1 Å². The van der Waals surface area contributed by atoms with Crippen LogP contribution < -0.4 is 27.1 Å². The van der Waals surface area contributed by atoms with Gasteiger partial charge in [-0.15, -0.1) is 0 Å². The van der Waals surface area contributed by atoms with Gasteiger partial charge in [-0.2, -0.15) is 0 Å². The van der Waals surface area contributed by atoms with E-state index in [-0.39, 0.29) is 22.6 Å². The van der Waals surface area contributed by atoms with E-state index in [1.54, 1.807) is 6.07 Å². The molecule has 3 N–H and O–H groups in total. The van der Waals surface area contributed by atoms with Crippen molar-refractivity contribution in [2.24, 2.45) is 0 Å². The number of rotatable bonds is 4. The van der Waals surface area contributed by atoms with Crippen molar-refractivity contribution >= 4 is 22.7 Å². The van der Waals surface area contributed by atoms with Gasteiger partial charge in [-0.05, 0) is 30.7 Å². The number of hydrogen-bond acceptors (Lipinski definition) is 5. The molecule has 0 radical (unpaired) electrons. The summed E-state index contributed by atoms with van der Waals surface area (Å²) in [6.45, 7) is 1.89. The van der Waals surface area contributed by atoms with Gasteiger partial charge in [0.15, 0.2) is 0 Å². The number of H-pyrrole nitrogens is 1. The molecule has 1 aromatic heterocycles. The molecule has 2 aromatic carbocycles. The lowest BCUT2D eigenvalue weighted by Crippen LogP contribution is -2.36. The summed E-state index contributed by atoms with van der Waals surface area (Å²) < 4.78 is 0. The summed E-state index contributed by atoms with van der Waals surface area (Å²) in [6, 6.07) is 10.6. The van der Waals surface area contributed by atoms with E-state index in [1.165, 1.54) is 12.3 Å². The Labute approximate surface area is 125 Å². The van der Waals surface area contributed by atoms with Crippen LogP contribution in [0.25, 0.3) is 0 Å². The van der Waals surface area contributed by atoms with Crippen LogP contribution in [0.3, 0.4) is 0 Å². The summed E-state index contributed by atoms with van der Waals surface area (Å²) >= 11 is 0. The highest BCUT2D eigenvalue weighted by atomic mass is 16.2. The van der Waals surface area contributed by atoms with E-state index in [9.17, 15) is 14.4 Å². The fraction of sp³-hybridized carbons (Fsp3) is 0.0625. The van der Waals surface area contributed by atoms with Gasteiger partial charge in [-0.3, -0.25) is 14.4 Å². The van der Waals surface area contributed by atoms with E-state index in [1.807, 2.05) is 31.2 Å². The molecule has 6 nitrogen and oxygen atoms in total. The minimum absolute atomic E-state index is 0.102. The minimum Gasteiger partial charge on any atom is -0.350 e. The number of aromatic amines is 1. The number of para-hydroxylation sites is 1. The van der Waals surface area contributed by atoms with Gasteiger partial charge in [0.05, 0.1) is 0 Å². The van der Waals surface area contributed by atoms with E-state index in [0.29, 0.717) is 0 Å². The van der Waals surface area contributed by atoms with Crippen LogP contribution >= 0.6 is 0 Å². The Bertz CT molecular complexity index is 965. The van der Waals surface area contributed by atoms with Crippen molar-refractivity contribution < 1.29 is 0 Å². The van der Waals surface area contributed by atoms with Gasteiger partial charge in [0, 0.05) is 11.9 Å². The average Bonchev–Trinajstić information content (AvgIpc) is 2.53. The number of pyridine rings is 1. The molecule has 0 aliphatic heterocycles. The summed E-state index contributed by atoms with van der Waals surface area (Å²) in [7, 11) is 0. The Balaban J connectivity index is 1.95. The average molecular weight is 295 g/mol. The number of benzene rings is 1. The number of nitrogens with one attached hydrogen (secondary N) is 3. The normalized spacial score (nSPS) is 10.6. The Hall–Kier alpha value is -3.15. The van der Waals surface area contributed by atoms with Crippen LogP contribution in [-0.4, -0.2) is 4.98 Å². The molecule has 0 aliphatic carbocycles. The first-order chi connectivity index (χ1) is 10.6. The molecule has 0 saturated carbocycles. The molecular formula is C16H13N3O3. The number of anilines is 4. The molecule has 0 atom stereocenters. The van der Waals surface area contributed by atoms with Gasteiger partial charge in [-0.25, -0.2) is 0 Å². The van der Waals surface area contributed by atoms with E-state index in [4.69, 9.17) is 0 Å². The van der Waals surface area contributed by atoms with Crippen molar-refractivity contribution in [3.05, 3.63) is 79.0 Å². The molecule has 0 unspecified atom stereocenters. The Morgan fingerprint density at radius 3 is 2.05 bits per heavy atom. The van der Waals surface area contributed by atoms with E-state index < -0.39 is 10.9 Å². The van der Waals surface area contributed by atoms with Crippen LogP contribution in [0.1, 0.15) is 5.56 Å². The molecule has 3 aromatic rings. The van der Waals surface area contributed by atoms with Crippen molar-refractivity contribution in [1.29, 1.82) is 0 Å². The molecule has 0 bridgehead atoms. The van der Waals surface area contributed by atoms with Gasteiger partial charge >= 0.3 is 0 Å². The Morgan fingerprint density at radius 1 is 0.818 bits per heavy atom. The molecule has 22 heavy (non-hydrogen) atoms. The Kier molecular flexibility index (Phi) is 3.34. The van der Waals surface area contributed by atoms with Crippen molar-refractivity contribution in [3.63, 3.8) is 0 Å². The lowest BCUT2D eigenvalue weighted by atomic mass is 10.1. The standard InChI is InChI=1S/C16H13N3O3/c1-9-5-2-3-6-10(9)18-12-13(15(21)14(12)20)19-11-7-4-8-17-16(11)22/h2-8,18-19H,1H3,(H,17,22). The SMILES string of the molecule is Cc1ccccc1Nc1c(Nc2ccc[nH]c2=O)c(=O)c1=O. The van der Waals surface area contributed by atoms with Crippen LogP contribution in [0.15, 0.2) is 57.0 Å². The lowest BCUT2D eigenvalue weighted by Gasteiger charge is -2.15. The first kappa shape index (κ1) is 13.8. The lowest BCUT2D eigenvalue weighted by molar-refractivity contribution is 1.23. The van der Waals surface area contributed by atoms with Gasteiger partial charge in [0.25, 0.3) is 16.4 Å². The highest BCUT2D eigenvalue weighted by Gasteiger charge is 2.22. The zero-order valence-corrected chi connectivity index (χ0v) is 11.8. The highest BCUT2D eigenvalue weighted by Crippen LogP contribution is 2.24. The Morgan fingerprint density at radius 2 is 1.41 bits per heavy atom. The first-order valence-corrected chi connectivity index (χ1v) is 6.68. The number of aromatic nitrogens is 1. The van der Waals surface area contributed by atoms with E-state index in [2.05, 4.69) is 15.6 Å². The molecule has 6 heteroatoms. The summed E-state index contributed by atoms with van der Waals surface area (Å²) in [4.78, 5) is 37.6. The number of hydrogen-bond donors (Lipinski definition) is 3. The molecule has 0 aliphatic rings. The smallest absolute Gasteiger partial charge is 0.271 e. The molecule has 0 spiro atoms. The third-order valence-electron chi connectivity index (χ3n) is 3.39. The fourth-order valence-electron chi connectivity index (χ4n) is 2.13. The van der Waals surface area contributed by atoms with Crippen molar-refractivity contribution in [2.45, 2.75) is 6.92 Å². The van der Waals surface area contributed by atoms with Crippen molar-refractivity contribution in [2.75, 3.05) is 10.6 Å². The monoisotopic (exact) mass is 295 g/mol. The maximum Gasteiger partial charge on any atom is 0.271 e. The maximum atomic E-state index is 11.8. The van der Waals surface area contributed by atoms with E-state index in [0.717, 1.165) is 11.3 Å². The fourth-order valence-corrected chi connectivity index (χ4v) is 2.13. The van der Waals surface area contributed by atoms with Gasteiger partial charge < -0.3 is 15.6 Å². The van der Waals surface area contributed by atoms with Crippen molar-refractivity contribution in [1.82, 2.24) is 4.98 Å². The largest absolute Gasteiger partial charge is 0.350 e. The van der Waals surface area contributed by atoms with Crippen LogP contribution in [0, 0.1) is 6.92 Å². The summed E-state index contributed by atoms with van der Waals surface area (Å²) in [5, 5.41) is 5.67. The maximum absolute atomic E-state index is 11.8. The van der Waals surface area contributed by atoms with Crippen LogP contribution in [0.2, 0.25) is 0 Å². The van der Waals surface area contributed by atoms with Crippen LogP contribution in [0.5, 0.6) is 0 Å². The molecular weight excluding hydrogens is 282 g/mol. The van der Waals surface area contributed by atoms with Crippen molar-refractivity contribution in [3.8, 4) is 0 Å². The number of aryl methyl sites for hydroxylation is 1. The third-order valence-corrected chi connectivity index (χ3v) is 3.39. The predicted octanol–water partition coefficient (Wildman–Crippen LogP) is 1.77. The molecule has 1 heterocycles. The summed E-state index contributed by atoms with van der Waals surface area (Å²) in [5.74, 6) is 0.